The summed E-state index contributed by atoms with van der Waals surface area (Å²) in [5.74, 6) is 0. The molecule has 1 fully saturated rings. The molecule has 108 valence electrons. The number of fused-ring (bicyclic) bond motifs is 1. The summed E-state index contributed by atoms with van der Waals surface area (Å²) < 4.78 is 3.05. The fraction of sp³-hybridized carbons (Fsp3) is 0.571. The zero-order chi connectivity index (χ0) is 14.3. The molecule has 2 aromatic heterocycles. The molecule has 0 atom stereocenters. The lowest BCUT2D eigenvalue weighted by Crippen LogP contribution is -2.47. The fourth-order valence-electron chi connectivity index (χ4n) is 3.19. The lowest BCUT2D eigenvalue weighted by Gasteiger charge is -2.36. The third-order valence-corrected chi connectivity index (χ3v) is 5.75. The molecular formula is C14H19N3OS2. The average molecular weight is 309 g/mol. The van der Waals surface area contributed by atoms with E-state index in [2.05, 4.69) is 24.0 Å². The number of likely N-dealkylation sites (N-methyl/N-ethyl adjacent to an activating group) is 1. The topological polar surface area (TPSA) is 41.0 Å². The summed E-state index contributed by atoms with van der Waals surface area (Å²) in [5.41, 5.74) is 0.967. The highest BCUT2D eigenvalue weighted by molar-refractivity contribution is 7.71. The Hall–Kier alpha value is -0.980. The number of aromatic nitrogens is 2. The minimum Gasteiger partial charge on any atom is -0.331 e. The fourth-order valence-corrected chi connectivity index (χ4v) is 4.24. The molecule has 0 amide bonds. The summed E-state index contributed by atoms with van der Waals surface area (Å²) in [6.07, 6.45) is 4.71. The molecule has 1 aliphatic rings. The molecule has 6 heteroatoms. The SMILES string of the molecule is CN(C)C1(Cn2c(=S)[nH]c3ccsc3c2=O)CCCC1. The van der Waals surface area contributed by atoms with E-state index in [-0.39, 0.29) is 11.1 Å². The van der Waals surface area contributed by atoms with Crippen molar-refractivity contribution in [2.45, 2.75) is 37.8 Å². The van der Waals surface area contributed by atoms with Gasteiger partial charge >= 0.3 is 0 Å². The van der Waals surface area contributed by atoms with Crippen molar-refractivity contribution in [1.29, 1.82) is 0 Å². The van der Waals surface area contributed by atoms with Crippen molar-refractivity contribution in [3.63, 3.8) is 0 Å². The Labute approximate surface area is 127 Å². The molecule has 0 saturated heterocycles. The number of H-pyrrole nitrogens is 1. The second-order valence-electron chi connectivity index (χ2n) is 5.81. The monoisotopic (exact) mass is 309 g/mol. The van der Waals surface area contributed by atoms with Gasteiger partial charge in [-0.2, -0.15) is 0 Å². The summed E-state index contributed by atoms with van der Waals surface area (Å²) in [6.45, 7) is 0.683. The van der Waals surface area contributed by atoms with Gasteiger partial charge in [-0.05, 0) is 50.6 Å². The van der Waals surface area contributed by atoms with Crippen LogP contribution in [0.15, 0.2) is 16.2 Å². The number of hydrogen-bond acceptors (Lipinski definition) is 4. The van der Waals surface area contributed by atoms with E-state index in [9.17, 15) is 4.79 Å². The van der Waals surface area contributed by atoms with Crippen LogP contribution < -0.4 is 5.56 Å². The van der Waals surface area contributed by atoms with Crippen molar-refractivity contribution in [2.24, 2.45) is 0 Å². The van der Waals surface area contributed by atoms with E-state index in [0.29, 0.717) is 11.3 Å². The summed E-state index contributed by atoms with van der Waals surface area (Å²) in [5, 5.41) is 1.93. The molecule has 0 aliphatic heterocycles. The first-order chi connectivity index (χ1) is 9.53. The Kier molecular flexibility index (Phi) is 3.56. The van der Waals surface area contributed by atoms with Crippen LogP contribution in [-0.2, 0) is 6.54 Å². The van der Waals surface area contributed by atoms with Crippen LogP contribution in [0.5, 0.6) is 0 Å². The molecule has 0 unspecified atom stereocenters. The maximum absolute atomic E-state index is 12.6. The van der Waals surface area contributed by atoms with Crippen LogP contribution in [0, 0.1) is 4.77 Å². The number of nitrogens with zero attached hydrogens (tertiary/aromatic N) is 2. The van der Waals surface area contributed by atoms with Crippen molar-refractivity contribution in [1.82, 2.24) is 14.5 Å². The highest BCUT2D eigenvalue weighted by atomic mass is 32.1. The normalized spacial score (nSPS) is 18.1. The van der Waals surface area contributed by atoms with Crippen molar-refractivity contribution in [3.05, 3.63) is 26.6 Å². The van der Waals surface area contributed by atoms with Crippen molar-refractivity contribution in [2.75, 3.05) is 14.1 Å². The minimum absolute atomic E-state index is 0.0480. The number of hydrogen-bond donors (Lipinski definition) is 1. The van der Waals surface area contributed by atoms with E-state index >= 15 is 0 Å². The van der Waals surface area contributed by atoms with Crippen LogP contribution >= 0.6 is 23.6 Å². The summed E-state index contributed by atoms with van der Waals surface area (Å²) >= 11 is 6.87. The molecular weight excluding hydrogens is 290 g/mol. The molecule has 3 rings (SSSR count). The number of thiophene rings is 1. The lowest BCUT2D eigenvalue weighted by molar-refractivity contribution is 0.131. The third-order valence-electron chi connectivity index (χ3n) is 4.53. The predicted octanol–water partition coefficient (Wildman–Crippen LogP) is 2.99. The van der Waals surface area contributed by atoms with Crippen LogP contribution in [0.3, 0.4) is 0 Å². The summed E-state index contributed by atoms with van der Waals surface area (Å²) in [6, 6.07) is 1.92. The second kappa shape index (κ2) is 5.09. The van der Waals surface area contributed by atoms with Crippen molar-refractivity contribution >= 4 is 33.8 Å². The number of aromatic amines is 1. The molecule has 0 radical (unpaired) electrons. The van der Waals surface area contributed by atoms with E-state index in [4.69, 9.17) is 12.2 Å². The van der Waals surface area contributed by atoms with Crippen LogP contribution in [0.25, 0.3) is 10.2 Å². The summed E-state index contributed by atoms with van der Waals surface area (Å²) in [4.78, 5) is 18.1. The molecule has 1 aliphatic carbocycles. The Balaban J connectivity index is 2.10. The molecule has 20 heavy (non-hydrogen) atoms. The Morgan fingerprint density at radius 1 is 1.45 bits per heavy atom. The van der Waals surface area contributed by atoms with E-state index < -0.39 is 0 Å². The number of rotatable bonds is 3. The zero-order valence-corrected chi connectivity index (χ0v) is 13.4. The third kappa shape index (κ3) is 2.16. The first-order valence-electron chi connectivity index (χ1n) is 6.91. The quantitative estimate of drug-likeness (QED) is 0.886. The molecule has 0 aromatic carbocycles. The van der Waals surface area contributed by atoms with Gasteiger partial charge in [-0.25, -0.2) is 0 Å². The van der Waals surface area contributed by atoms with Gasteiger partial charge in [-0.1, -0.05) is 12.8 Å². The van der Waals surface area contributed by atoms with E-state index in [1.54, 1.807) is 4.57 Å². The molecule has 0 bridgehead atoms. The van der Waals surface area contributed by atoms with E-state index in [1.165, 1.54) is 24.2 Å². The van der Waals surface area contributed by atoms with Gasteiger partial charge in [0, 0.05) is 12.1 Å². The standard InChI is InChI=1S/C14H19N3OS2/c1-16(2)14(6-3-4-7-14)9-17-12(18)11-10(5-8-20-11)15-13(17)19/h5,8H,3-4,6-7,9H2,1-2H3,(H,15,19). The van der Waals surface area contributed by atoms with Gasteiger partial charge in [0.1, 0.15) is 4.70 Å². The largest absolute Gasteiger partial charge is 0.331 e. The van der Waals surface area contributed by atoms with Crippen molar-refractivity contribution < 1.29 is 0 Å². The van der Waals surface area contributed by atoms with Crippen LogP contribution in [0.2, 0.25) is 0 Å². The highest BCUT2D eigenvalue weighted by Gasteiger charge is 2.36. The van der Waals surface area contributed by atoms with Gasteiger partial charge in [0.15, 0.2) is 4.77 Å². The first-order valence-corrected chi connectivity index (χ1v) is 8.20. The Bertz CT molecular complexity index is 735. The predicted molar refractivity (Wildman–Crippen MR) is 86.2 cm³/mol. The van der Waals surface area contributed by atoms with Gasteiger partial charge in [0.2, 0.25) is 0 Å². The Morgan fingerprint density at radius 2 is 2.15 bits per heavy atom. The van der Waals surface area contributed by atoms with Gasteiger partial charge in [-0.3, -0.25) is 9.36 Å². The first kappa shape index (κ1) is 14.0. The Morgan fingerprint density at radius 3 is 2.80 bits per heavy atom. The maximum atomic E-state index is 12.6. The minimum atomic E-state index is 0.0480. The molecule has 2 aromatic rings. The van der Waals surface area contributed by atoms with Gasteiger partial charge in [0.25, 0.3) is 5.56 Å². The van der Waals surface area contributed by atoms with Crippen LogP contribution in [0.4, 0.5) is 0 Å². The molecule has 1 N–H and O–H groups in total. The number of nitrogens with one attached hydrogen (secondary N) is 1. The average Bonchev–Trinajstić information content (AvgIpc) is 3.03. The summed E-state index contributed by atoms with van der Waals surface area (Å²) in [7, 11) is 4.21. The second-order valence-corrected chi connectivity index (χ2v) is 7.11. The highest BCUT2D eigenvalue weighted by Crippen LogP contribution is 2.35. The molecule has 1 saturated carbocycles. The smallest absolute Gasteiger partial charge is 0.272 e. The van der Waals surface area contributed by atoms with Gasteiger partial charge in [-0.15, -0.1) is 11.3 Å². The van der Waals surface area contributed by atoms with E-state index in [1.807, 2.05) is 11.4 Å². The van der Waals surface area contributed by atoms with E-state index in [0.717, 1.165) is 23.1 Å². The zero-order valence-electron chi connectivity index (χ0n) is 11.8. The molecule has 2 heterocycles. The maximum Gasteiger partial charge on any atom is 0.272 e. The van der Waals surface area contributed by atoms with Gasteiger partial charge < -0.3 is 9.88 Å². The molecule has 0 spiro atoms. The van der Waals surface area contributed by atoms with Crippen LogP contribution in [-0.4, -0.2) is 34.1 Å². The van der Waals surface area contributed by atoms with Gasteiger partial charge in [0.05, 0.1) is 5.52 Å². The van der Waals surface area contributed by atoms with Crippen LogP contribution in [0.1, 0.15) is 25.7 Å². The van der Waals surface area contributed by atoms with Crippen molar-refractivity contribution in [3.8, 4) is 0 Å². The lowest BCUT2D eigenvalue weighted by atomic mass is 9.96. The molecule has 4 nitrogen and oxygen atoms in total.